The van der Waals surface area contributed by atoms with Crippen LogP contribution in [0.5, 0.6) is 5.75 Å². The standard InChI is InChI=1S/C26H31F3N4O/c1-4-5-6-7-8-19-9-11-21(12-10-19)32-25-30-17-23(26(27,28)29)24(33-25)31-20-13-15-22(16-14-20)34-18(2)3/h9-18H,4-8H2,1-3H3,(H2,30,31,32,33). The molecule has 0 radical (unpaired) electrons. The van der Waals surface area contributed by atoms with Crippen LogP contribution in [0.3, 0.4) is 0 Å². The summed E-state index contributed by atoms with van der Waals surface area (Å²) in [6, 6.07) is 14.5. The number of alkyl halides is 3. The van der Waals surface area contributed by atoms with Crippen molar-refractivity contribution < 1.29 is 17.9 Å². The highest BCUT2D eigenvalue weighted by Crippen LogP contribution is 2.35. The molecule has 2 aromatic carbocycles. The summed E-state index contributed by atoms with van der Waals surface area (Å²) in [5.41, 5.74) is 1.45. The van der Waals surface area contributed by atoms with Gasteiger partial charge in [0.2, 0.25) is 5.95 Å². The molecule has 34 heavy (non-hydrogen) atoms. The Morgan fingerprint density at radius 1 is 0.882 bits per heavy atom. The van der Waals surface area contributed by atoms with Crippen molar-refractivity contribution in [2.24, 2.45) is 0 Å². The summed E-state index contributed by atoms with van der Waals surface area (Å²) in [5.74, 6) is 0.386. The van der Waals surface area contributed by atoms with Gasteiger partial charge in [0.15, 0.2) is 0 Å². The monoisotopic (exact) mass is 472 g/mol. The van der Waals surface area contributed by atoms with E-state index in [1.54, 1.807) is 24.3 Å². The van der Waals surface area contributed by atoms with E-state index < -0.39 is 11.7 Å². The van der Waals surface area contributed by atoms with Crippen LogP contribution >= 0.6 is 0 Å². The van der Waals surface area contributed by atoms with Gasteiger partial charge in [0, 0.05) is 17.6 Å². The molecule has 0 saturated carbocycles. The van der Waals surface area contributed by atoms with Crippen molar-refractivity contribution in [3.63, 3.8) is 0 Å². The summed E-state index contributed by atoms with van der Waals surface area (Å²) in [7, 11) is 0. The van der Waals surface area contributed by atoms with Crippen molar-refractivity contribution in [1.29, 1.82) is 0 Å². The van der Waals surface area contributed by atoms with Gasteiger partial charge in [-0.05, 0) is 68.7 Å². The molecule has 8 heteroatoms. The molecule has 0 atom stereocenters. The van der Waals surface area contributed by atoms with Gasteiger partial charge < -0.3 is 15.4 Å². The molecule has 0 unspecified atom stereocenters. The lowest BCUT2D eigenvalue weighted by molar-refractivity contribution is -0.137. The van der Waals surface area contributed by atoms with E-state index in [2.05, 4.69) is 27.5 Å². The average Bonchev–Trinajstić information content (AvgIpc) is 2.78. The lowest BCUT2D eigenvalue weighted by atomic mass is 10.1. The first kappa shape index (κ1) is 25.3. The molecule has 3 aromatic rings. The molecule has 0 spiro atoms. The number of benzene rings is 2. The van der Waals surface area contributed by atoms with Gasteiger partial charge in [-0.15, -0.1) is 0 Å². The zero-order chi connectivity index (χ0) is 24.6. The van der Waals surface area contributed by atoms with Gasteiger partial charge in [0.05, 0.1) is 6.10 Å². The second-order valence-corrected chi connectivity index (χ2v) is 8.40. The number of aromatic nitrogens is 2. The maximum atomic E-state index is 13.6. The molecule has 0 aliphatic rings. The molecule has 0 aliphatic carbocycles. The molecular weight excluding hydrogens is 441 g/mol. The number of anilines is 4. The molecular formula is C26H31F3N4O. The van der Waals surface area contributed by atoms with E-state index in [1.165, 1.54) is 24.8 Å². The van der Waals surface area contributed by atoms with Crippen LogP contribution in [0.25, 0.3) is 0 Å². The molecule has 182 valence electrons. The summed E-state index contributed by atoms with van der Waals surface area (Å²) in [5, 5.41) is 5.76. The predicted octanol–water partition coefficient (Wildman–Crippen LogP) is 7.89. The van der Waals surface area contributed by atoms with Crippen LogP contribution < -0.4 is 15.4 Å². The van der Waals surface area contributed by atoms with Gasteiger partial charge in [-0.1, -0.05) is 38.3 Å². The third-order valence-electron chi connectivity index (χ3n) is 5.11. The number of hydrogen-bond acceptors (Lipinski definition) is 5. The molecule has 3 rings (SSSR count). The van der Waals surface area contributed by atoms with Crippen LogP contribution in [0.1, 0.15) is 57.6 Å². The Kier molecular flexibility index (Phi) is 8.73. The Balaban J connectivity index is 1.74. The largest absolute Gasteiger partial charge is 0.491 e. The number of unbranched alkanes of at least 4 members (excludes halogenated alkanes) is 3. The number of aryl methyl sites for hydroxylation is 1. The van der Waals surface area contributed by atoms with E-state index in [0.717, 1.165) is 19.0 Å². The third-order valence-corrected chi connectivity index (χ3v) is 5.11. The Morgan fingerprint density at radius 2 is 1.53 bits per heavy atom. The van der Waals surface area contributed by atoms with Crippen molar-refractivity contribution >= 4 is 23.1 Å². The van der Waals surface area contributed by atoms with E-state index in [-0.39, 0.29) is 17.9 Å². The number of nitrogens with one attached hydrogen (secondary N) is 2. The summed E-state index contributed by atoms with van der Waals surface area (Å²) in [6.45, 7) is 5.99. The van der Waals surface area contributed by atoms with Gasteiger partial charge in [-0.3, -0.25) is 0 Å². The number of ether oxygens (including phenoxy) is 1. The third kappa shape index (κ3) is 7.64. The molecule has 0 saturated heterocycles. The first-order chi connectivity index (χ1) is 16.2. The van der Waals surface area contributed by atoms with Crippen molar-refractivity contribution in [2.45, 2.75) is 65.2 Å². The first-order valence-electron chi connectivity index (χ1n) is 11.6. The second-order valence-electron chi connectivity index (χ2n) is 8.40. The highest BCUT2D eigenvalue weighted by atomic mass is 19.4. The van der Waals surface area contributed by atoms with Crippen LogP contribution in [0.4, 0.5) is 36.3 Å². The lowest BCUT2D eigenvalue weighted by Crippen LogP contribution is -2.12. The predicted molar refractivity (Wildman–Crippen MR) is 130 cm³/mol. The topological polar surface area (TPSA) is 59.1 Å². The van der Waals surface area contributed by atoms with Gasteiger partial charge in [-0.2, -0.15) is 18.2 Å². The molecule has 0 fully saturated rings. The van der Waals surface area contributed by atoms with Crippen molar-refractivity contribution in [2.75, 3.05) is 10.6 Å². The summed E-state index contributed by atoms with van der Waals surface area (Å²) in [4.78, 5) is 7.99. The van der Waals surface area contributed by atoms with Crippen LogP contribution in [-0.4, -0.2) is 16.1 Å². The molecule has 1 aromatic heterocycles. The lowest BCUT2D eigenvalue weighted by Gasteiger charge is -2.15. The minimum absolute atomic E-state index is 0.00117. The van der Waals surface area contributed by atoms with E-state index in [9.17, 15) is 13.2 Å². The fraction of sp³-hybridized carbons (Fsp3) is 0.385. The number of hydrogen-bond donors (Lipinski definition) is 2. The van der Waals surface area contributed by atoms with Gasteiger partial charge >= 0.3 is 6.18 Å². The molecule has 0 aliphatic heterocycles. The maximum absolute atomic E-state index is 13.6. The number of nitrogens with zero attached hydrogens (tertiary/aromatic N) is 2. The molecule has 5 nitrogen and oxygen atoms in total. The quantitative estimate of drug-likeness (QED) is 0.278. The van der Waals surface area contributed by atoms with Gasteiger partial charge in [0.1, 0.15) is 17.1 Å². The number of rotatable bonds is 11. The summed E-state index contributed by atoms with van der Waals surface area (Å²) in [6.07, 6.45) is 1.98. The Bertz CT molecular complexity index is 1040. The SMILES string of the molecule is CCCCCCc1ccc(Nc2ncc(C(F)(F)F)c(Nc3ccc(OC(C)C)cc3)n2)cc1. The highest BCUT2D eigenvalue weighted by molar-refractivity contribution is 5.63. The molecule has 1 heterocycles. The fourth-order valence-electron chi connectivity index (χ4n) is 3.41. The smallest absolute Gasteiger partial charge is 0.421 e. The van der Waals surface area contributed by atoms with Gasteiger partial charge in [0.25, 0.3) is 0 Å². The zero-order valence-electron chi connectivity index (χ0n) is 19.7. The van der Waals surface area contributed by atoms with Crippen LogP contribution in [0, 0.1) is 0 Å². The Hall–Kier alpha value is -3.29. The Morgan fingerprint density at radius 3 is 2.15 bits per heavy atom. The Labute approximate surface area is 198 Å². The fourth-order valence-corrected chi connectivity index (χ4v) is 3.41. The molecule has 0 amide bonds. The van der Waals surface area contributed by atoms with Crippen molar-refractivity contribution in [3.8, 4) is 5.75 Å². The minimum atomic E-state index is -4.60. The van der Waals surface area contributed by atoms with E-state index in [4.69, 9.17) is 4.74 Å². The minimum Gasteiger partial charge on any atom is -0.491 e. The van der Waals surface area contributed by atoms with Crippen LogP contribution in [0.15, 0.2) is 54.7 Å². The van der Waals surface area contributed by atoms with Crippen molar-refractivity contribution in [1.82, 2.24) is 9.97 Å². The van der Waals surface area contributed by atoms with Crippen LogP contribution in [0.2, 0.25) is 0 Å². The number of halogens is 3. The van der Waals surface area contributed by atoms with E-state index in [0.29, 0.717) is 17.1 Å². The van der Waals surface area contributed by atoms with Gasteiger partial charge in [-0.25, -0.2) is 4.98 Å². The van der Waals surface area contributed by atoms with Crippen molar-refractivity contribution in [3.05, 3.63) is 65.9 Å². The maximum Gasteiger partial charge on any atom is 0.421 e. The zero-order valence-corrected chi connectivity index (χ0v) is 19.7. The second kappa shape index (κ2) is 11.7. The summed E-state index contributed by atoms with van der Waals surface area (Å²) >= 11 is 0. The van der Waals surface area contributed by atoms with Crippen LogP contribution in [-0.2, 0) is 12.6 Å². The average molecular weight is 473 g/mol. The highest BCUT2D eigenvalue weighted by Gasteiger charge is 2.35. The van der Waals surface area contributed by atoms with E-state index in [1.807, 2.05) is 38.1 Å². The normalized spacial score (nSPS) is 11.5. The first-order valence-corrected chi connectivity index (χ1v) is 11.6. The molecule has 2 N–H and O–H groups in total. The van der Waals surface area contributed by atoms with E-state index >= 15 is 0 Å². The molecule has 0 bridgehead atoms. The summed E-state index contributed by atoms with van der Waals surface area (Å²) < 4.78 is 46.2.